The van der Waals surface area contributed by atoms with Crippen LogP contribution in [0.3, 0.4) is 0 Å². The van der Waals surface area contributed by atoms with Crippen LogP contribution in [0.4, 0.5) is 5.69 Å². The van der Waals surface area contributed by atoms with E-state index < -0.39 is 0 Å². The molecule has 3 nitrogen and oxygen atoms in total. The fourth-order valence-corrected chi connectivity index (χ4v) is 3.14. The smallest absolute Gasteiger partial charge is 0.124 e. The SMILES string of the molecule is COc1cc(N2CCC(N(C)C)CC2)ccc1C(C)(C)C. The molecule has 1 aliphatic rings. The first-order chi connectivity index (χ1) is 9.82. The van der Waals surface area contributed by atoms with E-state index in [1.54, 1.807) is 7.11 Å². The van der Waals surface area contributed by atoms with Gasteiger partial charge in [0.05, 0.1) is 7.11 Å². The van der Waals surface area contributed by atoms with Crippen molar-refractivity contribution >= 4 is 5.69 Å². The molecule has 0 unspecified atom stereocenters. The molecular weight excluding hydrogens is 260 g/mol. The lowest BCUT2D eigenvalue weighted by Gasteiger charge is -2.37. The predicted octanol–water partition coefficient (Wildman–Crippen LogP) is 3.52. The third-order valence-electron chi connectivity index (χ3n) is 4.55. The first-order valence-corrected chi connectivity index (χ1v) is 7.93. The van der Waals surface area contributed by atoms with Crippen molar-refractivity contribution < 1.29 is 4.74 Å². The van der Waals surface area contributed by atoms with Crippen molar-refractivity contribution in [3.63, 3.8) is 0 Å². The first-order valence-electron chi connectivity index (χ1n) is 7.93. The fraction of sp³-hybridized carbons (Fsp3) is 0.667. The number of benzene rings is 1. The van der Waals surface area contributed by atoms with Crippen LogP contribution >= 0.6 is 0 Å². The fourth-order valence-electron chi connectivity index (χ4n) is 3.14. The number of hydrogen-bond donors (Lipinski definition) is 0. The molecular formula is C18H30N2O. The summed E-state index contributed by atoms with van der Waals surface area (Å²) in [4.78, 5) is 4.83. The van der Waals surface area contributed by atoms with Gasteiger partial charge in [-0.1, -0.05) is 26.8 Å². The van der Waals surface area contributed by atoms with Gasteiger partial charge in [-0.2, -0.15) is 0 Å². The third kappa shape index (κ3) is 3.70. The molecule has 0 spiro atoms. The predicted molar refractivity (Wildman–Crippen MR) is 90.6 cm³/mol. The molecule has 1 fully saturated rings. The molecule has 0 radical (unpaired) electrons. The molecule has 1 aromatic rings. The van der Waals surface area contributed by atoms with E-state index in [4.69, 9.17) is 4.74 Å². The van der Waals surface area contributed by atoms with Gasteiger partial charge in [-0.15, -0.1) is 0 Å². The summed E-state index contributed by atoms with van der Waals surface area (Å²) in [6.07, 6.45) is 2.46. The third-order valence-corrected chi connectivity index (χ3v) is 4.55. The number of anilines is 1. The zero-order valence-corrected chi connectivity index (χ0v) is 14.4. The van der Waals surface area contributed by atoms with E-state index in [9.17, 15) is 0 Å². The van der Waals surface area contributed by atoms with Gasteiger partial charge >= 0.3 is 0 Å². The highest BCUT2D eigenvalue weighted by Gasteiger charge is 2.23. The van der Waals surface area contributed by atoms with Gasteiger partial charge in [0.25, 0.3) is 0 Å². The molecule has 0 saturated carbocycles. The topological polar surface area (TPSA) is 15.7 Å². The Bertz CT molecular complexity index is 469. The minimum Gasteiger partial charge on any atom is -0.496 e. The van der Waals surface area contributed by atoms with Gasteiger partial charge in [0.2, 0.25) is 0 Å². The number of rotatable bonds is 3. The van der Waals surface area contributed by atoms with Crippen molar-refractivity contribution in [2.24, 2.45) is 0 Å². The van der Waals surface area contributed by atoms with E-state index in [1.807, 2.05) is 0 Å². The molecule has 21 heavy (non-hydrogen) atoms. The average molecular weight is 290 g/mol. The second-order valence-electron chi connectivity index (χ2n) is 7.32. The molecule has 0 atom stereocenters. The Kier molecular flexibility index (Phi) is 4.82. The van der Waals surface area contributed by atoms with E-state index in [1.165, 1.54) is 24.1 Å². The molecule has 1 aliphatic heterocycles. The maximum atomic E-state index is 5.63. The van der Waals surface area contributed by atoms with Crippen LogP contribution in [0.25, 0.3) is 0 Å². The van der Waals surface area contributed by atoms with Crippen LogP contribution in [0, 0.1) is 0 Å². The van der Waals surface area contributed by atoms with Crippen LogP contribution in [0.15, 0.2) is 18.2 Å². The van der Waals surface area contributed by atoms with Crippen LogP contribution in [0.5, 0.6) is 5.75 Å². The highest BCUT2D eigenvalue weighted by atomic mass is 16.5. The maximum Gasteiger partial charge on any atom is 0.124 e. The van der Waals surface area contributed by atoms with Crippen LogP contribution < -0.4 is 9.64 Å². The van der Waals surface area contributed by atoms with Crippen LogP contribution in [0.1, 0.15) is 39.2 Å². The lowest BCUT2D eigenvalue weighted by molar-refractivity contribution is 0.249. The molecule has 0 amide bonds. The number of nitrogens with zero attached hydrogens (tertiary/aromatic N) is 2. The van der Waals surface area contributed by atoms with Crippen LogP contribution in [0.2, 0.25) is 0 Å². The van der Waals surface area contributed by atoms with Crippen LogP contribution in [-0.2, 0) is 5.41 Å². The molecule has 0 bridgehead atoms. The Hall–Kier alpha value is -1.22. The molecule has 1 aromatic carbocycles. The molecule has 2 rings (SSSR count). The zero-order chi connectivity index (χ0) is 15.6. The lowest BCUT2D eigenvalue weighted by Crippen LogP contribution is -2.42. The highest BCUT2D eigenvalue weighted by Crippen LogP contribution is 2.35. The molecule has 3 heteroatoms. The number of piperidine rings is 1. The number of methoxy groups -OCH3 is 1. The Morgan fingerprint density at radius 2 is 1.76 bits per heavy atom. The van der Waals surface area contributed by atoms with Crippen molar-refractivity contribution in [1.82, 2.24) is 4.90 Å². The lowest BCUT2D eigenvalue weighted by atomic mass is 9.86. The average Bonchev–Trinajstić information content (AvgIpc) is 2.45. The largest absolute Gasteiger partial charge is 0.496 e. The Morgan fingerprint density at radius 3 is 2.24 bits per heavy atom. The van der Waals surface area contributed by atoms with Crippen molar-refractivity contribution in [1.29, 1.82) is 0 Å². The summed E-state index contributed by atoms with van der Waals surface area (Å²) in [5.74, 6) is 1.01. The van der Waals surface area contributed by atoms with Gasteiger partial charge in [-0.25, -0.2) is 0 Å². The summed E-state index contributed by atoms with van der Waals surface area (Å²) in [5.41, 5.74) is 2.68. The summed E-state index contributed by atoms with van der Waals surface area (Å²) >= 11 is 0. The first kappa shape index (κ1) is 16.2. The van der Waals surface area contributed by atoms with E-state index in [0.29, 0.717) is 0 Å². The van der Waals surface area contributed by atoms with Crippen molar-refractivity contribution in [2.75, 3.05) is 39.2 Å². The second kappa shape index (κ2) is 6.27. The van der Waals surface area contributed by atoms with E-state index in [0.717, 1.165) is 24.9 Å². The molecule has 0 aliphatic carbocycles. The quantitative estimate of drug-likeness (QED) is 0.847. The number of ether oxygens (including phenoxy) is 1. The minimum absolute atomic E-state index is 0.113. The molecule has 118 valence electrons. The standard InChI is InChI=1S/C18H30N2O/c1-18(2,3)16-8-7-15(13-17(16)21-6)20-11-9-14(10-12-20)19(4)5/h7-8,13-14H,9-12H2,1-6H3. The van der Waals surface area contributed by atoms with Gasteiger partial charge in [0.1, 0.15) is 5.75 Å². The Labute approximate surface area is 129 Å². The molecule has 0 aromatic heterocycles. The zero-order valence-electron chi connectivity index (χ0n) is 14.4. The summed E-state index contributed by atoms with van der Waals surface area (Å²) < 4.78 is 5.63. The van der Waals surface area contributed by atoms with E-state index in [-0.39, 0.29) is 5.41 Å². The maximum absolute atomic E-state index is 5.63. The molecule has 0 N–H and O–H groups in total. The highest BCUT2D eigenvalue weighted by molar-refractivity contribution is 5.55. The summed E-state index contributed by atoms with van der Waals surface area (Å²) in [6, 6.07) is 7.40. The summed E-state index contributed by atoms with van der Waals surface area (Å²) in [7, 11) is 6.13. The van der Waals surface area contributed by atoms with E-state index in [2.05, 4.69) is 62.9 Å². The van der Waals surface area contributed by atoms with Crippen molar-refractivity contribution in [2.45, 2.75) is 45.1 Å². The van der Waals surface area contributed by atoms with Gasteiger partial charge in [-0.05, 0) is 44.0 Å². The Morgan fingerprint density at radius 1 is 1.14 bits per heavy atom. The molecule has 1 saturated heterocycles. The minimum atomic E-state index is 0.113. The van der Waals surface area contributed by atoms with Crippen LogP contribution in [-0.4, -0.2) is 45.2 Å². The van der Waals surface area contributed by atoms with Gasteiger partial charge in [0, 0.05) is 30.9 Å². The van der Waals surface area contributed by atoms with E-state index >= 15 is 0 Å². The number of hydrogen-bond acceptors (Lipinski definition) is 3. The monoisotopic (exact) mass is 290 g/mol. The Balaban J connectivity index is 2.15. The van der Waals surface area contributed by atoms with Gasteiger partial charge in [-0.3, -0.25) is 0 Å². The van der Waals surface area contributed by atoms with Crippen molar-refractivity contribution in [3.05, 3.63) is 23.8 Å². The normalized spacial score (nSPS) is 17.4. The van der Waals surface area contributed by atoms with Gasteiger partial charge in [0.15, 0.2) is 0 Å². The molecule has 1 heterocycles. The van der Waals surface area contributed by atoms with Crippen molar-refractivity contribution in [3.8, 4) is 5.75 Å². The van der Waals surface area contributed by atoms with Gasteiger partial charge < -0.3 is 14.5 Å². The summed E-state index contributed by atoms with van der Waals surface area (Å²) in [6.45, 7) is 8.94. The second-order valence-corrected chi connectivity index (χ2v) is 7.32. The summed E-state index contributed by atoms with van der Waals surface area (Å²) in [5, 5.41) is 0.